The minimum absolute atomic E-state index is 0.0562. The maximum atomic E-state index is 12.3. The molecule has 0 bridgehead atoms. The van der Waals surface area contributed by atoms with Crippen molar-refractivity contribution in [2.24, 2.45) is 0 Å². The van der Waals surface area contributed by atoms with Crippen molar-refractivity contribution in [1.29, 1.82) is 0 Å². The molecule has 1 saturated heterocycles. The highest BCUT2D eigenvalue weighted by atomic mass is 32.2. The molecular weight excluding hydrogens is 308 g/mol. The lowest BCUT2D eigenvalue weighted by atomic mass is 10.2. The number of hydrogen-bond donors (Lipinski definition) is 1. The van der Waals surface area contributed by atoms with E-state index in [0.29, 0.717) is 18.8 Å². The van der Waals surface area contributed by atoms with Crippen LogP contribution < -0.4 is 5.32 Å². The van der Waals surface area contributed by atoms with E-state index in [1.165, 1.54) is 4.90 Å². The van der Waals surface area contributed by atoms with Crippen LogP contribution in [-0.2, 0) is 16.4 Å². The van der Waals surface area contributed by atoms with Gasteiger partial charge in [0.1, 0.15) is 5.37 Å². The van der Waals surface area contributed by atoms with E-state index in [1.807, 2.05) is 30.3 Å². The van der Waals surface area contributed by atoms with E-state index in [2.05, 4.69) is 5.32 Å². The molecule has 1 heterocycles. The molecule has 1 aromatic rings. The topological polar surface area (TPSA) is 66.5 Å². The molecule has 21 heavy (non-hydrogen) atoms. The van der Waals surface area contributed by atoms with Gasteiger partial charge in [-0.2, -0.15) is 11.8 Å². The number of hydrogen-bond acceptors (Lipinski definition) is 4. The van der Waals surface area contributed by atoms with Crippen LogP contribution in [-0.4, -0.2) is 48.5 Å². The van der Waals surface area contributed by atoms with E-state index < -0.39 is 15.2 Å². The van der Waals surface area contributed by atoms with E-state index >= 15 is 0 Å². The Morgan fingerprint density at radius 3 is 2.76 bits per heavy atom. The summed E-state index contributed by atoms with van der Waals surface area (Å²) in [6, 6.07) is 9.27. The summed E-state index contributed by atoms with van der Waals surface area (Å²) in [4.78, 5) is 13.7. The third-order valence-electron chi connectivity index (χ3n) is 3.45. The standard InChI is InChI=1S/C14H20N2O3S2/c1-2-21(18,19)13-11-20-9-8-16(13)14(17)15-10-12-6-4-3-5-7-12/h3-7,13H,2,8-11H2,1H3,(H,15,17). The van der Waals surface area contributed by atoms with Gasteiger partial charge in [0.05, 0.1) is 0 Å². The summed E-state index contributed by atoms with van der Waals surface area (Å²) >= 11 is 1.58. The van der Waals surface area contributed by atoms with E-state index in [1.54, 1.807) is 18.7 Å². The smallest absolute Gasteiger partial charge is 0.318 e. The van der Waals surface area contributed by atoms with Crippen LogP contribution >= 0.6 is 11.8 Å². The molecule has 1 aromatic carbocycles. The van der Waals surface area contributed by atoms with Crippen molar-refractivity contribution in [2.75, 3.05) is 23.8 Å². The fourth-order valence-corrected chi connectivity index (χ4v) is 5.14. The molecule has 0 aliphatic carbocycles. The van der Waals surface area contributed by atoms with Crippen LogP contribution in [0.1, 0.15) is 12.5 Å². The number of thioether (sulfide) groups is 1. The molecule has 0 saturated carbocycles. The second-order valence-electron chi connectivity index (χ2n) is 4.82. The number of nitrogens with zero attached hydrogens (tertiary/aromatic N) is 1. The van der Waals surface area contributed by atoms with Crippen LogP contribution in [0.5, 0.6) is 0 Å². The van der Waals surface area contributed by atoms with Crippen LogP contribution in [0.25, 0.3) is 0 Å². The van der Waals surface area contributed by atoms with Gasteiger partial charge in [0.25, 0.3) is 0 Å². The Morgan fingerprint density at radius 2 is 2.10 bits per heavy atom. The first kappa shape index (κ1) is 16.2. The number of carbonyl (C=O) groups excluding carboxylic acids is 1. The number of carbonyl (C=O) groups is 1. The maximum absolute atomic E-state index is 12.3. The third-order valence-corrected chi connectivity index (χ3v) is 6.74. The lowest BCUT2D eigenvalue weighted by molar-refractivity contribution is 0.196. The molecular formula is C14H20N2O3S2. The van der Waals surface area contributed by atoms with Gasteiger partial charge in [0, 0.05) is 30.3 Å². The molecule has 1 atom stereocenters. The fourth-order valence-electron chi connectivity index (χ4n) is 2.18. The maximum Gasteiger partial charge on any atom is 0.318 e. The van der Waals surface area contributed by atoms with E-state index in [4.69, 9.17) is 0 Å². The Bertz CT molecular complexity index is 575. The number of benzene rings is 1. The summed E-state index contributed by atoms with van der Waals surface area (Å²) in [7, 11) is -3.25. The minimum Gasteiger partial charge on any atom is -0.334 e. The van der Waals surface area contributed by atoms with Crippen LogP contribution in [0.15, 0.2) is 30.3 Å². The first-order valence-electron chi connectivity index (χ1n) is 6.92. The Balaban J connectivity index is 2.02. The van der Waals surface area contributed by atoms with Gasteiger partial charge in [-0.3, -0.25) is 0 Å². The quantitative estimate of drug-likeness (QED) is 0.914. The highest BCUT2D eigenvalue weighted by molar-refractivity contribution is 8.01. The molecule has 0 aromatic heterocycles. The normalized spacial score (nSPS) is 19.3. The number of amides is 2. The summed E-state index contributed by atoms with van der Waals surface area (Å²) in [5, 5.41) is 2.10. The Morgan fingerprint density at radius 1 is 1.38 bits per heavy atom. The molecule has 1 N–H and O–H groups in total. The van der Waals surface area contributed by atoms with Gasteiger partial charge in [0.2, 0.25) is 0 Å². The molecule has 7 heteroatoms. The largest absolute Gasteiger partial charge is 0.334 e. The predicted molar refractivity (Wildman–Crippen MR) is 86.0 cm³/mol. The average molecular weight is 328 g/mol. The van der Waals surface area contributed by atoms with Crippen molar-refractivity contribution < 1.29 is 13.2 Å². The van der Waals surface area contributed by atoms with Gasteiger partial charge in [0.15, 0.2) is 9.84 Å². The fraction of sp³-hybridized carbons (Fsp3) is 0.500. The zero-order chi connectivity index (χ0) is 15.3. The van der Waals surface area contributed by atoms with Gasteiger partial charge in [-0.05, 0) is 5.56 Å². The van der Waals surface area contributed by atoms with Crippen molar-refractivity contribution in [1.82, 2.24) is 10.2 Å². The lowest BCUT2D eigenvalue weighted by Crippen LogP contribution is -2.53. The molecule has 116 valence electrons. The van der Waals surface area contributed by atoms with Crippen LogP contribution in [0.4, 0.5) is 4.79 Å². The number of sulfone groups is 1. The summed E-state index contributed by atoms with van der Waals surface area (Å²) < 4.78 is 24.2. The number of rotatable bonds is 4. The van der Waals surface area contributed by atoms with Crippen molar-refractivity contribution in [2.45, 2.75) is 18.8 Å². The third kappa shape index (κ3) is 4.14. The summed E-state index contributed by atoms with van der Waals surface area (Å²) in [5.74, 6) is 1.28. The van der Waals surface area contributed by atoms with Crippen LogP contribution in [0, 0.1) is 0 Å². The summed E-state index contributed by atoms with van der Waals surface area (Å²) in [5.41, 5.74) is 0.993. The Labute approximate surface area is 130 Å². The number of urea groups is 1. The molecule has 1 unspecified atom stereocenters. The van der Waals surface area contributed by atoms with Crippen molar-refractivity contribution >= 4 is 27.6 Å². The Kier molecular flexibility index (Phi) is 5.52. The first-order chi connectivity index (χ1) is 10.0. The lowest BCUT2D eigenvalue weighted by Gasteiger charge is -2.34. The van der Waals surface area contributed by atoms with E-state index in [-0.39, 0.29) is 11.8 Å². The molecule has 1 aliphatic heterocycles. The van der Waals surface area contributed by atoms with Gasteiger partial charge in [-0.15, -0.1) is 0 Å². The molecule has 0 spiro atoms. The zero-order valence-corrected chi connectivity index (χ0v) is 13.6. The van der Waals surface area contributed by atoms with Crippen LogP contribution in [0.2, 0.25) is 0 Å². The zero-order valence-electron chi connectivity index (χ0n) is 12.0. The summed E-state index contributed by atoms with van der Waals surface area (Å²) in [6.07, 6.45) is 0. The van der Waals surface area contributed by atoms with E-state index in [9.17, 15) is 13.2 Å². The molecule has 5 nitrogen and oxygen atoms in total. The second-order valence-corrected chi connectivity index (χ2v) is 8.42. The molecule has 0 radical (unpaired) electrons. The predicted octanol–water partition coefficient (Wildman–Crippen LogP) is 1.71. The van der Waals surface area contributed by atoms with Crippen LogP contribution in [0.3, 0.4) is 0 Å². The number of nitrogens with one attached hydrogen (secondary N) is 1. The van der Waals surface area contributed by atoms with Gasteiger partial charge >= 0.3 is 6.03 Å². The first-order valence-corrected chi connectivity index (χ1v) is 9.79. The monoisotopic (exact) mass is 328 g/mol. The van der Waals surface area contributed by atoms with E-state index in [0.717, 1.165) is 11.3 Å². The molecule has 1 aliphatic rings. The van der Waals surface area contributed by atoms with Crippen molar-refractivity contribution in [3.8, 4) is 0 Å². The van der Waals surface area contributed by atoms with Gasteiger partial charge < -0.3 is 10.2 Å². The second kappa shape index (κ2) is 7.17. The summed E-state index contributed by atoms with van der Waals surface area (Å²) in [6.45, 7) is 2.49. The molecule has 2 rings (SSSR count). The SMILES string of the molecule is CCS(=O)(=O)C1CSCCN1C(=O)NCc1ccccc1. The molecule has 1 fully saturated rings. The Hall–Kier alpha value is -1.21. The van der Waals surface area contributed by atoms with Crippen molar-refractivity contribution in [3.05, 3.63) is 35.9 Å². The van der Waals surface area contributed by atoms with Gasteiger partial charge in [-0.25, -0.2) is 13.2 Å². The van der Waals surface area contributed by atoms with Crippen molar-refractivity contribution in [3.63, 3.8) is 0 Å². The highest BCUT2D eigenvalue weighted by Crippen LogP contribution is 2.21. The molecule has 2 amide bonds. The minimum atomic E-state index is -3.25. The highest BCUT2D eigenvalue weighted by Gasteiger charge is 2.35. The average Bonchev–Trinajstić information content (AvgIpc) is 2.53. The van der Waals surface area contributed by atoms with Gasteiger partial charge in [-0.1, -0.05) is 37.3 Å².